The van der Waals surface area contributed by atoms with Gasteiger partial charge < -0.3 is 0 Å². The summed E-state index contributed by atoms with van der Waals surface area (Å²) in [6.07, 6.45) is 0. The van der Waals surface area contributed by atoms with Crippen molar-refractivity contribution in [3.63, 3.8) is 0 Å². The molecular weight excluding hydrogens is 240 g/mol. The fourth-order valence-corrected chi connectivity index (χ4v) is 2.19. The Morgan fingerprint density at radius 1 is 1.36 bits per heavy atom. The van der Waals surface area contributed by atoms with Crippen LogP contribution in [0.15, 0.2) is 22.8 Å². The molecule has 0 saturated heterocycles. The van der Waals surface area contributed by atoms with Crippen molar-refractivity contribution >= 4 is 26.8 Å². The highest BCUT2D eigenvalue weighted by Gasteiger charge is 2.11. The van der Waals surface area contributed by atoms with Gasteiger partial charge in [-0.3, -0.25) is 4.68 Å². The molecule has 0 aliphatic rings. The number of para-hydroxylation sites is 1. The third-order valence-corrected chi connectivity index (χ3v) is 2.96. The molecule has 0 radical (unpaired) electrons. The second kappa shape index (κ2) is 3.39. The summed E-state index contributed by atoms with van der Waals surface area (Å²) >= 11 is 3.49. The summed E-state index contributed by atoms with van der Waals surface area (Å²) in [5.41, 5.74) is 2.50. The van der Waals surface area contributed by atoms with Crippen LogP contribution < -0.4 is 0 Å². The molecular formula is C11H13BrN2. The van der Waals surface area contributed by atoms with Gasteiger partial charge in [0.1, 0.15) is 4.60 Å². The van der Waals surface area contributed by atoms with Gasteiger partial charge in [0, 0.05) is 11.4 Å². The van der Waals surface area contributed by atoms with Crippen molar-refractivity contribution in [3.05, 3.63) is 28.4 Å². The molecule has 1 aromatic heterocycles. The van der Waals surface area contributed by atoms with Crippen molar-refractivity contribution in [2.45, 2.75) is 26.8 Å². The van der Waals surface area contributed by atoms with Gasteiger partial charge in [0.25, 0.3) is 0 Å². The van der Waals surface area contributed by atoms with Gasteiger partial charge >= 0.3 is 0 Å². The Balaban J connectivity index is 2.86. The average molecular weight is 253 g/mol. The van der Waals surface area contributed by atoms with Crippen LogP contribution in [0.1, 0.15) is 25.5 Å². The molecule has 1 aromatic carbocycles. The molecule has 0 saturated carbocycles. The summed E-state index contributed by atoms with van der Waals surface area (Å²) in [6, 6.07) is 6.67. The van der Waals surface area contributed by atoms with E-state index in [4.69, 9.17) is 0 Å². The van der Waals surface area contributed by atoms with Crippen molar-refractivity contribution in [1.29, 1.82) is 0 Å². The van der Waals surface area contributed by atoms with Gasteiger partial charge in [-0.1, -0.05) is 18.2 Å². The number of aryl methyl sites for hydroxylation is 1. The molecule has 0 unspecified atom stereocenters. The molecule has 14 heavy (non-hydrogen) atoms. The number of hydrogen-bond acceptors (Lipinski definition) is 1. The Kier molecular flexibility index (Phi) is 2.35. The predicted molar refractivity (Wildman–Crippen MR) is 62.6 cm³/mol. The van der Waals surface area contributed by atoms with E-state index in [1.165, 1.54) is 16.5 Å². The van der Waals surface area contributed by atoms with Gasteiger partial charge in [-0.15, -0.1) is 0 Å². The second-order valence-corrected chi connectivity index (χ2v) is 4.55. The summed E-state index contributed by atoms with van der Waals surface area (Å²) in [6.45, 7) is 6.41. The fourth-order valence-electron chi connectivity index (χ4n) is 1.70. The molecule has 0 amide bonds. The summed E-state index contributed by atoms with van der Waals surface area (Å²) in [7, 11) is 0. The Bertz CT molecular complexity index is 471. The number of hydrogen-bond donors (Lipinski definition) is 0. The molecule has 1 heterocycles. The van der Waals surface area contributed by atoms with E-state index in [2.05, 4.69) is 64.7 Å². The first kappa shape index (κ1) is 9.71. The smallest absolute Gasteiger partial charge is 0.136 e. The highest BCUT2D eigenvalue weighted by molar-refractivity contribution is 9.10. The Labute approximate surface area is 92.0 Å². The van der Waals surface area contributed by atoms with Gasteiger partial charge in [0.05, 0.1) is 5.52 Å². The van der Waals surface area contributed by atoms with Crippen molar-refractivity contribution < 1.29 is 0 Å². The lowest BCUT2D eigenvalue weighted by Gasteiger charge is -2.08. The molecule has 0 aliphatic carbocycles. The van der Waals surface area contributed by atoms with Gasteiger partial charge in [0.2, 0.25) is 0 Å². The van der Waals surface area contributed by atoms with Crippen molar-refractivity contribution in [2.24, 2.45) is 0 Å². The second-order valence-electron chi connectivity index (χ2n) is 3.80. The van der Waals surface area contributed by atoms with E-state index in [-0.39, 0.29) is 0 Å². The zero-order valence-electron chi connectivity index (χ0n) is 8.58. The zero-order chi connectivity index (χ0) is 10.3. The molecule has 2 rings (SSSR count). The maximum absolute atomic E-state index is 4.48. The molecule has 0 fully saturated rings. The maximum atomic E-state index is 4.48. The topological polar surface area (TPSA) is 17.8 Å². The first-order valence-electron chi connectivity index (χ1n) is 4.74. The first-order valence-corrected chi connectivity index (χ1v) is 5.54. The van der Waals surface area contributed by atoms with E-state index >= 15 is 0 Å². The Hall–Kier alpha value is -0.830. The summed E-state index contributed by atoms with van der Waals surface area (Å²) < 4.78 is 3.00. The van der Waals surface area contributed by atoms with Crippen LogP contribution in [0.5, 0.6) is 0 Å². The van der Waals surface area contributed by atoms with Crippen molar-refractivity contribution in [3.8, 4) is 0 Å². The minimum absolute atomic E-state index is 0.393. The molecule has 0 atom stereocenters. The largest absolute Gasteiger partial charge is 0.261 e. The molecule has 74 valence electrons. The molecule has 0 N–H and O–H groups in total. The maximum Gasteiger partial charge on any atom is 0.136 e. The van der Waals surface area contributed by atoms with E-state index in [0.717, 1.165) is 4.60 Å². The molecule has 0 bridgehead atoms. The minimum Gasteiger partial charge on any atom is -0.261 e. The third kappa shape index (κ3) is 1.36. The van der Waals surface area contributed by atoms with Gasteiger partial charge in [-0.25, -0.2) is 0 Å². The highest BCUT2D eigenvalue weighted by Crippen LogP contribution is 2.27. The lowest BCUT2D eigenvalue weighted by atomic mass is 10.1. The van der Waals surface area contributed by atoms with E-state index in [0.29, 0.717) is 6.04 Å². The number of rotatable bonds is 1. The number of fused-ring (bicyclic) bond motifs is 1. The first-order chi connectivity index (χ1) is 6.61. The summed E-state index contributed by atoms with van der Waals surface area (Å²) in [4.78, 5) is 0. The molecule has 0 spiro atoms. The third-order valence-electron chi connectivity index (χ3n) is 2.37. The number of nitrogens with zero attached hydrogens (tertiary/aromatic N) is 2. The van der Waals surface area contributed by atoms with E-state index < -0.39 is 0 Å². The molecule has 0 aliphatic heterocycles. The number of benzene rings is 1. The Morgan fingerprint density at radius 2 is 2.07 bits per heavy atom. The minimum atomic E-state index is 0.393. The highest BCUT2D eigenvalue weighted by atomic mass is 79.9. The van der Waals surface area contributed by atoms with E-state index in [9.17, 15) is 0 Å². The van der Waals surface area contributed by atoms with Crippen LogP contribution in [0.3, 0.4) is 0 Å². The lowest BCUT2D eigenvalue weighted by Crippen LogP contribution is -2.03. The summed E-state index contributed by atoms with van der Waals surface area (Å²) in [5, 5.41) is 5.68. The van der Waals surface area contributed by atoms with Crippen LogP contribution in [0.25, 0.3) is 10.9 Å². The van der Waals surface area contributed by atoms with Crippen LogP contribution in [0, 0.1) is 6.92 Å². The summed E-state index contributed by atoms with van der Waals surface area (Å²) in [5.74, 6) is 0. The number of aromatic nitrogens is 2. The molecule has 2 aromatic rings. The zero-order valence-corrected chi connectivity index (χ0v) is 10.2. The normalized spacial score (nSPS) is 11.5. The molecule has 3 heteroatoms. The van der Waals surface area contributed by atoms with Crippen LogP contribution >= 0.6 is 15.9 Å². The average Bonchev–Trinajstić information content (AvgIpc) is 2.46. The van der Waals surface area contributed by atoms with E-state index in [1.54, 1.807) is 0 Å². The van der Waals surface area contributed by atoms with Gasteiger partial charge in [-0.2, -0.15) is 5.10 Å². The predicted octanol–water partition coefficient (Wildman–Crippen LogP) is 3.69. The molecule has 2 nitrogen and oxygen atoms in total. The Morgan fingerprint density at radius 3 is 2.71 bits per heavy atom. The van der Waals surface area contributed by atoms with Gasteiger partial charge in [-0.05, 0) is 42.3 Å². The standard InChI is InChI=1S/C11H13BrN2/c1-7(2)14-10-8(3)5-4-6-9(10)11(12)13-14/h4-7H,1-3H3. The van der Waals surface area contributed by atoms with Crippen LogP contribution in [0.2, 0.25) is 0 Å². The van der Waals surface area contributed by atoms with Crippen LogP contribution in [-0.2, 0) is 0 Å². The van der Waals surface area contributed by atoms with Crippen molar-refractivity contribution in [2.75, 3.05) is 0 Å². The van der Waals surface area contributed by atoms with Crippen LogP contribution in [-0.4, -0.2) is 9.78 Å². The lowest BCUT2D eigenvalue weighted by molar-refractivity contribution is 0.547. The van der Waals surface area contributed by atoms with Crippen LogP contribution in [0.4, 0.5) is 0 Å². The van der Waals surface area contributed by atoms with Crippen molar-refractivity contribution in [1.82, 2.24) is 9.78 Å². The monoisotopic (exact) mass is 252 g/mol. The SMILES string of the molecule is Cc1cccc2c(Br)nn(C(C)C)c12. The van der Waals surface area contributed by atoms with E-state index in [1.807, 2.05) is 0 Å². The van der Waals surface area contributed by atoms with Gasteiger partial charge in [0.15, 0.2) is 0 Å². The number of halogens is 1. The quantitative estimate of drug-likeness (QED) is 0.757. The fraction of sp³-hybridized carbons (Fsp3) is 0.364.